The number of non-ortho nitro benzene ring substituents is 1. The van der Waals surface area contributed by atoms with Gasteiger partial charge in [-0.15, -0.1) is 0 Å². The lowest BCUT2D eigenvalue weighted by Crippen LogP contribution is -2.54. The van der Waals surface area contributed by atoms with Crippen molar-refractivity contribution >= 4 is 49.5 Å². The van der Waals surface area contributed by atoms with Gasteiger partial charge in [-0.1, -0.05) is 28.1 Å². The number of carboxylic acid groups (broad SMARTS) is 1. The highest BCUT2D eigenvalue weighted by Crippen LogP contribution is 2.27. The third-order valence-corrected chi connectivity index (χ3v) is 8.06. The molecule has 3 amide bonds. The summed E-state index contributed by atoms with van der Waals surface area (Å²) in [7, 11) is -4.17. The Balaban J connectivity index is 1.60. The fraction of sp³-hybridized carbons (Fsp3) is 0.318. The molecule has 0 aliphatic carbocycles. The van der Waals surface area contributed by atoms with E-state index in [-0.39, 0.29) is 30.1 Å². The van der Waals surface area contributed by atoms with Crippen molar-refractivity contribution < 1.29 is 32.8 Å². The third-order valence-electron chi connectivity index (χ3n) is 5.61. The van der Waals surface area contributed by atoms with E-state index in [0.29, 0.717) is 6.42 Å². The molecule has 1 aliphatic heterocycles. The number of carboxylic acids is 1. The highest BCUT2D eigenvalue weighted by atomic mass is 79.9. The molecular formula is C22H24BrN5O8S. The van der Waals surface area contributed by atoms with Crippen LogP contribution in [-0.4, -0.2) is 65.8 Å². The number of amides is 3. The molecule has 0 aromatic heterocycles. The Bertz CT molecular complexity index is 1270. The van der Waals surface area contributed by atoms with Crippen LogP contribution in [0.2, 0.25) is 0 Å². The molecular weight excluding hydrogens is 574 g/mol. The fourth-order valence-electron chi connectivity index (χ4n) is 3.67. The number of aliphatic carboxylic acids is 1. The quantitative estimate of drug-likeness (QED) is 0.234. The van der Waals surface area contributed by atoms with Crippen molar-refractivity contribution in [2.24, 2.45) is 0 Å². The highest BCUT2D eigenvalue weighted by molar-refractivity contribution is 9.10. The number of nitro groups is 1. The molecule has 0 saturated carbocycles. The SMILES string of the molecule is O=C(NCc1ccc(Br)cc1)NCC(NC(=O)C1CCCN1S(=O)(=O)c1ccc([N+](=O)[O-])cc1)C(=O)O. The van der Waals surface area contributed by atoms with Gasteiger partial charge in [-0.3, -0.25) is 14.9 Å². The summed E-state index contributed by atoms with van der Waals surface area (Å²) in [6.45, 7) is -0.221. The Labute approximate surface area is 220 Å². The van der Waals surface area contributed by atoms with E-state index in [2.05, 4.69) is 31.9 Å². The van der Waals surface area contributed by atoms with E-state index >= 15 is 0 Å². The molecule has 198 valence electrons. The van der Waals surface area contributed by atoms with Crippen molar-refractivity contribution in [3.05, 3.63) is 68.7 Å². The molecule has 1 heterocycles. The van der Waals surface area contributed by atoms with Crippen LogP contribution in [0.4, 0.5) is 10.5 Å². The number of carbonyl (C=O) groups is 3. The van der Waals surface area contributed by atoms with Gasteiger partial charge in [0.25, 0.3) is 5.69 Å². The predicted molar refractivity (Wildman–Crippen MR) is 134 cm³/mol. The van der Waals surface area contributed by atoms with Crippen LogP contribution in [0.15, 0.2) is 57.9 Å². The highest BCUT2D eigenvalue weighted by Gasteiger charge is 2.40. The Hall–Kier alpha value is -3.56. The first-order valence-electron chi connectivity index (χ1n) is 11.0. The molecule has 15 heteroatoms. The van der Waals surface area contributed by atoms with Gasteiger partial charge in [0.2, 0.25) is 15.9 Å². The molecule has 13 nitrogen and oxygen atoms in total. The van der Waals surface area contributed by atoms with E-state index < -0.39 is 51.5 Å². The summed E-state index contributed by atoms with van der Waals surface area (Å²) in [6, 6.07) is 8.13. The Kier molecular flexibility index (Phi) is 9.18. The number of hydrogen-bond donors (Lipinski definition) is 4. The standard InChI is InChI=1S/C22H24BrN5O8S/c23-15-5-3-14(4-6-15)12-24-22(32)25-13-18(21(30)31)26-20(29)19-2-1-11-27(19)37(35,36)17-9-7-16(8-10-17)28(33)34/h3-10,18-19H,1-2,11-13H2,(H,26,29)(H,30,31)(H2,24,25,32). The molecule has 37 heavy (non-hydrogen) atoms. The van der Waals surface area contributed by atoms with E-state index in [4.69, 9.17) is 0 Å². The van der Waals surface area contributed by atoms with Gasteiger partial charge in [0.15, 0.2) is 0 Å². The van der Waals surface area contributed by atoms with Gasteiger partial charge in [-0.2, -0.15) is 4.31 Å². The first-order valence-corrected chi connectivity index (χ1v) is 13.3. The molecule has 1 aliphatic rings. The fourth-order valence-corrected chi connectivity index (χ4v) is 5.60. The first kappa shape index (κ1) is 28.0. The lowest BCUT2D eigenvalue weighted by molar-refractivity contribution is -0.384. The first-order chi connectivity index (χ1) is 17.5. The number of sulfonamides is 1. The van der Waals surface area contributed by atoms with Crippen LogP contribution in [0.1, 0.15) is 18.4 Å². The van der Waals surface area contributed by atoms with E-state index in [0.717, 1.165) is 38.6 Å². The molecule has 2 aromatic rings. The summed E-state index contributed by atoms with van der Waals surface area (Å²) in [6.07, 6.45) is 0.518. The molecule has 0 bridgehead atoms. The van der Waals surface area contributed by atoms with E-state index in [1.807, 2.05) is 0 Å². The largest absolute Gasteiger partial charge is 0.480 e. The van der Waals surface area contributed by atoms with Gasteiger partial charge in [0, 0.05) is 29.7 Å². The molecule has 2 aromatic carbocycles. The number of halogens is 1. The van der Waals surface area contributed by atoms with Crippen molar-refractivity contribution in [2.45, 2.75) is 36.4 Å². The zero-order valence-electron chi connectivity index (χ0n) is 19.3. The average molecular weight is 598 g/mol. The molecule has 4 N–H and O–H groups in total. The zero-order valence-corrected chi connectivity index (χ0v) is 21.7. The van der Waals surface area contributed by atoms with Gasteiger partial charge in [-0.05, 0) is 42.7 Å². The van der Waals surface area contributed by atoms with Gasteiger partial charge in [0.05, 0.1) is 16.4 Å². The van der Waals surface area contributed by atoms with E-state index in [1.165, 1.54) is 0 Å². The molecule has 2 atom stereocenters. The zero-order chi connectivity index (χ0) is 27.2. The van der Waals surface area contributed by atoms with Crippen molar-refractivity contribution in [1.29, 1.82) is 0 Å². The molecule has 1 fully saturated rings. The monoisotopic (exact) mass is 597 g/mol. The van der Waals surface area contributed by atoms with Gasteiger partial charge in [-0.25, -0.2) is 18.0 Å². The van der Waals surface area contributed by atoms with Crippen molar-refractivity contribution in [3.8, 4) is 0 Å². The van der Waals surface area contributed by atoms with Crippen molar-refractivity contribution in [2.75, 3.05) is 13.1 Å². The predicted octanol–water partition coefficient (Wildman–Crippen LogP) is 1.58. The number of hydrogen-bond acceptors (Lipinski definition) is 7. The van der Waals surface area contributed by atoms with Crippen molar-refractivity contribution in [1.82, 2.24) is 20.3 Å². The summed E-state index contributed by atoms with van der Waals surface area (Å²) in [5.74, 6) is -2.24. The van der Waals surface area contributed by atoms with Crippen LogP contribution < -0.4 is 16.0 Å². The van der Waals surface area contributed by atoms with Crippen molar-refractivity contribution in [3.63, 3.8) is 0 Å². The normalized spacial score (nSPS) is 16.5. The maximum absolute atomic E-state index is 13.1. The number of nitrogens with one attached hydrogen (secondary N) is 3. The Morgan fingerprint density at radius 3 is 2.35 bits per heavy atom. The molecule has 2 unspecified atom stereocenters. The summed E-state index contributed by atoms with van der Waals surface area (Å²) >= 11 is 3.31. The van der Waals surface area contributed by atoms with Crippen LogP contribution in [0, 0.1) is 10.1 Å². The molecule has 3 rings (SSSR count). The Morgan fingerprint density at radius 1 is 1.11 bits per heavy atom. The second-order valence-electron chi connectivity index (χ2n) is 8.11. The minimum absolute atomic E-state index is 0.0197. The van der Waals surface area contributed by atoms with E-state index in [1.54, 1.807) is 24.3 Å². The minimum Gasteiger partial charge on any atom is -0.480 e. The maximum atomic E-state index is 13.1. The Morgan fingerprint density at radius 2 is 1.76 bits per heavy atom. The minimum atomic E-state index is -4.17. The van der Waals surface area contributed by atoms with E-state index in [9.17, 15) is 38.0 Å². The van der Waals surface area contributed by atoms with Crippen LogP contribution >= 0.6 is 15.9 Å². The smallest absolute Gasteiger partial charge is 0.328 e. The lowest BCUT2D eigenvalue weighted by atomic mass is 10.2. The average Bonchev–Trinajstić information content (AvgIpc) is 3.37. The summed E-state index contributed by atoms with van der Waals surface area (Å²) < 4.78 is 28.0. The second-order valence-corrected chi connectivity index (χ2v) is 10.9. The number of nitro benzene ring substituents is 1. The van der Waals surface area contributed by atoms with Crippen LogP contribution in [0.5, 0.6) is 0 Å². The topological polar surface area (TPSA) is 188 Å². The lowest BCUT2D eigenvalue weighted by Gasteiger charge is -2.25. The summed E-state index contributed by atoms with van der Waals surface area (Å²) in [4.78, 5) is 46.6. The molecule has 0 spiro atoms. The summed E-state index contributed by atoms with van der Waals surface area (Å²) in [5.41, 5.74) is 0.532. The van der Waals surface area contributed by atoms with Gasteiger partial charge in [0.1, 0.15) is 12.1 Å². The second kappa shape index (κ2) is 12.1. The van der Waals surface area contributed by atoms with Crippen LogP contribution in [0.3, 0.4) is 0 Å². The number of urea groups is 1. The number of carbonyl (C=O) groups excluding carboxylic acids is 2. The molecule has 0 radical (unpaired) electrons. The van der Waals surface area contributed by atoms with Gasteiger partial charge >= 0.3 is 12.0 Å². The van der Waals surface area contributed by atoms with Crippen LogP contribution in [0.25, 0.3) is 0 Å². The summed E-state index contributed by atoms with van der Waals surface area (Å²) in [5, 5.41) is 27.6. The number of rotatable bonds is 10. The maximum Gasteiger partial charge on any atom is 0.328 e. The third kappa shape index (κ3) is 7.24. The number of benzene rings is 2. The number of nitrogens with zero attached hydrogens (tertiary/aromatic N) is 2. The molecule has 1 saturated heterocycles. The van der Waals surface area contributed by atoms with Crippen LogP contribution in [-0.2, 0) is 26.2 Å². The van der Waals surface area contributed by atoms with Gasteiger partial charge < -0.3 is 21.1 Å².